The van der Waals surface area contributed by atoms with E-state index < -0.39 is 0 Å². The molecule has 5 nitrogen and oxygen atoms in total. The summed E-state index contributed by atoms with van der Waals surface area (Å²) in [6.45, 7) is 6.82. The number of methoxy groups -OCH3 is 2. The average molecular weight is 414 g/mol. The topological polar surface area (TPSA) is 28.2 Å². The minimum atomic E-state index is -0.122. The minimum absolute atomic E-state index is 0.122. The van der Waals surface area contributed by atoms with Gasteiger partial charge in [0.15, 0.2) is 0 Å². The highest BCUT2D eigenvalue weighted by molar-refractivity contribution is 5.48. The molecule has 2 aromatic carbocycles. The van der Waals surface area contributed by atoms with Crippen LogP contribution in [0.3, 0.4) is 0 Å². The Kier molecular flexibility index (Phi) is 6.75. The van der Waals surface area contributed by atoms with Crippen molar-refractivity contribution in [1.29, 1.82) is 0 Å². The fourth-order valence-electron chi connectivity index (χ4n) is 4.72. The number of rotatable bonds is 6. The summed E-state index contributed by atoms with van der Waals surface area (Å²) in [7, 11) is 3.38. The lowest BCUT2D eigenvalue weighted by Crippen LogP contribution is -2.55. The van der Waals surface area contributed by atoms with Gasteiger partial charge in [0.1, 0.15) is 17.3 Å². The summed E-state index contributed by atoms with van der Waals surface area (Å²) in [5.74, 6) is 1.55. The number of anilines is 1. The fraction of sp³-hybridized carbons (Fsp3) is 0.500. The monoisotopic (exact) mass is 413 g/mol. The number of halogens is 1. The van der Waals surface area contributed by atoms with Gasteiger partial charge in [0.25, 0.3) is 0 Å². The van der Waals surface area contributed by atoms with Gasteiger partial charge in [-0.25, -0.2) is 4.39 Å². The molecular formula is C24H32FN3O2. The third kappa shape index (κ3) is 4.87. The van der Waals surface area contributed by atoms with Crippen LogP contribution in [0.4, 0.5) is 10.1 Å². The van der Waals surface area contributed by atoms with Crippen molar-refractivity contribution in [2.75, 3.05) is 58.4 Å². The maximum atomic E-state index is 14.1. The van der Waals surface area contributed by atoms with Crippen LogP contribution in [0, 0.1) is 5.82 Å². The van der Waals surface area contributed by atoms with Crippen molar-refractivity contribution in [1.82, 2.24) is 9.80 Å². The summed E-state index contributed by atoms with van der Waals surface area (Å²) in [6.07, 6.45) is 2.44. The summed E-state index contributed by atoms with van der Waals surface area (Å²) >= 11 is 0. The third-order valence-corrected chi connectivity index (χ3v) is 6.32. The van der Waals surface area contributed by atoms with Crippen molar-refractivity contribution in [2.45, 2.75) is 25.4 Å². The highest BCUT2D eigenvalue weighted by Gasteiger charge is 2.28. The molecule has 6 heteroatoms. The molecule has 2 fully saturated rings. The number of ether oxygens (including phenoxy) is 2. The fourth-order valence-corrected chi connectivity index (χ4v) is 4.72. The van der Waals surface area contributed by atoms with E-state index >= 15 is 0 Å². The van der Waals surface area contributed by atoms with Crippen molar-refractivity contribution in [3.8, 4) is 11.5 Å². The van der Waals surface area contributed by atoms with Gasteiger partial charge in [-0.2, -0.15) is 0 Å². The normalized spacial score (nSPS) is 20.9. The SMILES string of the molecule is COc1cc(CN2CCCC(N3CCN(c4ccccc4F)CC3)C2)cc(OC)c1. The predicted molar refractivity (Wildman–Crippen MR) is 118 cm³/mol. The molecule has 0 aromatic heterocycles. The van der Waals surface area contributed by atoms with E-state index in [0.29, 0.717) is 6.04 Å². The zero-order valence-electron chi connectivity index (χ0n) is 18.0. The molecule has 0 spiro atoms. The van der Waals surface area contributed by atoms with Crippen LogP contribution in [0.25, 0.3) is 0 Å². The lowest BCUT2D eigenvalue weighted by atomic mass is 10.0. The largest absolute Gasteiger partial charge is 0.497 e. The second-order valence-corrected chi connectivity index (χ2v) is 8.23. The lowest BCUT2D eigenvalue weighted by Gasteiger charge is -2.44. The van der Waals surface area contributed by atoms with E-state index in [1.165, 1.54) is 18.4 Å². The van der Waals surface area contributed by atoms with Gasteiger partial charge in [0.2, 0.25) is 0 Å². The molecule has 4 rings (SSSR count). The Labute approximate surface area is 179 Å². The first kappa shape index (κ1) is 20.9. The molecule has 2 aliphatic rings. The van der Waals surface area contributed by atoms with Crippen LogP contribution in [-0.2, 0) is 6.54 Å². The Hall–Kier alpha value is -2.31. The Morgan fingerprint density at radius 1 is 0.933 bits per heavy atom. The van der Waals surface area contributed by atoms with Crippen molar-refractivity contribution < 1.29 is 13.9 Å². The number of piperazine rings is 1. The lowest BCUT2D eigenvalue weighted by molar-refractivity contribution is 0.0886. The van der Waals surface area contributed by atoms with Gasteiger partial charge in [-0.3, -0.25) is 9.80 Å². The van der Waals surface area contributed by atoms with Crippen LogP contribution >= 0.6 is 0 Å². The van der Waals surface area contributed by atoms with Crippen LogP contribution in [0.2, 0.25) is 0 Å². The highest BCUT2D eigenvalue weighted by atomic mass is 19.1. The molecule has 2 saturated heterocycles. The molecule has 0 bridgehead atoms. The Balaban J connectivity index is 1.34. The zero-order chi connectivity index (χ0) is 20.9. The summed E-state index contributed by atoms with van der Waals surface area (Å²) in [6, 6.07) is 13.8. The molecule has 1 atom stereocenters. The number of benzene rings is 2. The number of piperidine rings is 1. The molecule has 0 N–H and O–H groups in total. The maximum absolute atomic E-state index is 14.1. The molecule has 162 valence electrons. The van der Waals surface area contributed by atoms with E-state index in [4.69, 9.17) is 9.47 Å². The van der Waals surface area contributed by atoms with E-state index in [1.807, 2.05) is 18.2 Å². The molecule has 2 heterocycles. The van der Waals surface area contributed by atoms with Crippen LogP contribution in [0.5, 0.6) is 11.5 Å². The summed E-state index contributed by atoms with van der Waals surface area (Å²) in [5.41, 5.74) is 1.95. The highest BCUT2D eigenvalue weighted by Crippen LogP contribution is 2.26. The van der Waals surface area contributed by atoms with Gasteiger partial charge >= 0.3 is 0 Å². The van der Waals surface area contributed by atoms with E-state index in [2.05, 4.69) is 26.8 Å². The standard InChI is InChI=1S/C24H32FN3O2/c1-29-21-14-19(15-22(16-21)30-2)17-26-9-5-6-20(18-26)27-10-12-28(13-11-27)24-8-4-3-7-23(24)25/h3-4,7-8,14-16,20H,5-6,9-13,17-18H2,1-2H3. The van der Waals surface area contributed by atoms with Crippen LogP contribution in [0.1, 0.15) is 18.4 Å². The van der Waals surface area contributed by atoms with Gasteiger partial charge in [-0.05, 0) is 49.2 Å². The first-order valence-corrected chi connectivity index (χ1v) is 10.8. The summed E-state index contributed by atoms with van der Waals surface area (Å²) < 4.78 is 25.0. The number of hydrogen-bond acceptors (Lipinski definition) is 5. The van der Waals surface area contributed by atoms with Crippen molar-refractivity contribution >= 4 is 5.69 Å². The van der Waals surface area contributed by atoms with Gasteiger partial charge in [-0.15, -0.1) is 0 Å². The Morgan fingerprint density at radius 2 is 1.63 bits per heavy atom. The van der Waals surface area contributed by atoms with Crippen molar-refractivity contribution in [3.63, 3.8) is 0 Å². The quantitative estimate of drug-likeness (QED) is 0.721. The second kappa shape index (κ2) is 9.67. The number of nitrogens with zero attached hydrogens (tertiary/aromatic N) is 3. The van der Waals surface area contributed by atoms with Crippen molar-refractivity contribution in [3.05, 3.63) is 53.8 Å². The van der Waals surface area contributed by atoms with Gasteiger partial charge < -0.3 is 14.4 Å². The molecule has 1 unspecified atom stereocenters. The predicted octanol–water partition coefficient (Wildman–Crippen LogP) is 3.63. The molecule has 2 aliphatic heterocycles. The van der Waals surface area contributed by atoms with Gasteiger partial charge in [-0.1, -0.05) is 12.1 Å². The summed E-state index contributed by atoms with van der Waals surface area (Å²) in [5, 5.41) is 0. The minimum Gasteiger partial charge on any atom is -0.497 e. The molecule has 30 heavy (non-hydrogen) atoms. The molecule has 0 saturated carbocycles. The maximum Gasteiger partial charge on any atom is 0.146 e. The zero-order valence-corrected chi connectivity index (χ0v) is 18.0. The van der Waals surface area contributed by atoms with Gasteiger partial charge in [0.05, 0.1) is 19.9 Å². The number of likely N-dealkylation sites (tertiary alicyclic amines) is 1. The first-order valence-electron chi connectivity index (χ1n) is 10.8. The third-order valence-electron chi connectivity index (χ3n) is 6.32. The van der Waals surface area contributed by atoms with E-state index in [-0.39, 0.29) is 5.82 Å². The molecule has 2 aromatic rings. The van der Waals surface area contributed by atoms with E-state index in [1.54, 1.807) is 26.4 Å². The smallest absolute Gasteiger partial charge is 0.146 e. The second-order valence-electron chi connectivity index (χ2n) is 8.23. The van der Waals surface area contributed by atoms with Crippen molar-refractivity contribution in [2.24, 2.45) is 0 Å². The molecule has 0 radical (unpaired) electrons. The molecule has 0 aliphatic carbocycles. The first-order chi connectivity index (χ1) is 14.7. The average Bonchev–Trinajstić information content (AvgIpc) is 2.79. The van der Waals surface area contributed by atoms with E-state index in [9.17, 15) is 4.39 Å². The number of para-hydroxylation sites is 1. The van der Waals surface area contributed by atoms with Crippen LogP contribution in [-0.4, -0.2) is 69.3 Å². The Bertz CT molecular complexity index is 817. The van der Waals surface area contributed by atoms with Crippen LogP contribution < -0.4 is 14.4 Å². The molecule has 0 amide bonds. The van der Waals surface area contributed by atoms with E-state index in [0.717, 1.165) is 63.0 Å². The van der Waals surface area contributed by atoms with Gasteiger partial charge in [0, 0.05) is 51.4 Å². The molecular weight excluding hydrogens is 381 g/mol. The van der Waals surface area contributed by atoms with Crippen LogP contribution in [0.15, 0.2) is 42.5 Å². The Morgan fingerprint density at radius 3 is 2.30 bits per heavy atom. The summed E-state index contributed by atoms with van der Waals surface area (Å²) in [4.78, 5) is 7.30. The number of hydrogen-bond donors (Lipinski definition) is 0.